The Kier molecular flexibility index (Phi) is 0.945. The molecule has 1 saturated heterocycles. The molecule has 1 heterocycles. The summed E-state index contributed by atoms with van der Waals surface area (Å²) < 4.78 is 0.0602. The fourth-order valence-corrected chi connectivity index (χ4v) is 2.37. The number of hydrogen-bond acceptors (Lipinski definition) is 1. The molecular formula is C7H13NO. The van der Waals surface area contributed by atoms with Crippen molar-refractivity contribution in [3.05, 3.63) is 5.21 Å². The van der Waals surface area contributed by atoms with Crippen LogP contribution < -0.4 is 0 Å². The molecule has 2 nitrogen and oxygen atoms in total. The molecule has 2 bridgehead atoms. The minimum atomic E-state index is 0.0602. The first-order valence-corrected chi connectivity index (χ1v) is 3.75. The lowest BCUT2D eigenvalue weighted by Crippen LogP contribution is -2.44. The molecule has 3 unspecified atom stereocenters. The van der Waals surface area contributed by atoms with Gasteiger partial charge in [0, 0.05) is 18.8 Å². The largest absolute Gasteiger partial charge is 0.633 e. The number of nitrogens with zero attached hydrogens (tertiary/aromatic N) is 1. The van der Waals surface area contributed by atoms with E-state index in [1.165, 1.54) is 19.3 Å². The molecule has 3 atom stereocenters. The van der Waals surface area contributed by atoms with Crippen molar-refractivity contribution in [3.8, 4) is 0 Å². The van der Waals surface area contributed by atoms with Crippen LogP contribution in [0.1, 0.15) is 19.3 Å². The van der Waals surface area contributed by atoms with E-state index < -0.39 is 0 Å². The third-order valence-electron chi connectivity index (χ3n) is 2.91. The number of hydrogen-bond donors (Lipinski definition) is 0. The van der Waals surface area contributed by atoms with Crippen molar-refractivity contribution in [2.45, 2.75) is 25.3 Å². The Morgan fingerprint density at radius 1 is 1.44 bits per heavy atom. The highest BCUT2D eigenvalue weighted by molar-refractivity contribution is 4.83. The second kappa shape index (κ2) is 1.50. The lowest BCUT2D eigenvalue weighted by molar-refractivity contribution is -0.878. The van der Waals surface area contributed by atoms with Crippen molar-refractivity contribution < 1.29 is 4.65 Å². The molecule has 2 fully saturated rings. The van der Waals surface area contributed by atoms with E-state index in [4.69, 9.17) is 0 Å². The third kappa shape index (κ3) is 0.700. The molecule has 1 aliphatic carbocycles. The molecule has 1 aliphatic heterocycles. The van der Waals surface area contributed by atoms with Gasteiger partial charge in [-0.1, -0.05) is 0 Å². The van der Waals surface area contributed by atoms with E-state index in [1.807, 2.05) is 7.05 Å². The van der Waals surface area contributed by atoms with Gasteiger partial charge in [-0.05, 0) is 6.42 Å². The molecule has 0 aromatic heterocycles. The normalized spacial score (nSPS) is 56.7. The Bertz CT molecular complexity index is 133. The van der Waals surface area contributed by atoms with Crippen LogP contribution in [0.25, 0.3) is 0 Å². The first-order chi connectivity index (χ1) is 4.18. The molecule has 2 rings (SSSR count). The van der Waals surface area contributed by atoms with Crippen LogP contribution >= 0.6 is 0 Å². The smallest absolute Gasteiger partial charge is 0.0890 e. The zero-order valence-electron chi connectivity index (χ0n) is 5.84. The monoisotopic (exact) mass is 127 g/mol. The van der Waals surface area contributed by atoms with E-state index in [9.17, 15) is 5.21 Å². The zero-order valence-corrected chi connectivity index (χ0v) is 5.84. The van der Waals surface area contributed by atoms with Gasteiger partial charge in [-0.15, -0.1) is 0 Å². The molecule has 0 aromatic carbocycles. The predicted molar refractivity (Wildman–Crippen MR) is 35.5 cm³/mol. The highest BCUT2D eigenvalue weighted by Gasteiger charge is 2.43. The van der Waals surface area contributed by atoms with Gasteiger partial charge in [-0.3, -0.25) is 0 Å². The van der Waals surface area contributed by atoms with Crippen molar-refractivity contribution in [1.82, 2.24) is 0 Å². The molecule has 0 N–H and O–H groups in total. The third-order valence-corrected chi connectivity index (χ3v) is 2.91. The first-order valence-electron chi connectivity index (χ1n) is 3.75. The highest BCUT2D eigenvalue weighted by Crippen LogP contribution is 2.40. The van der Waals surface area contributed by atoms with Crippen LogP contribution in [-0.4, -0.2) is 24.3 Å². The number of hydroxylamine groups is 3. The summed E-state index contributed by atoms with van der Waals surface area (Å²) in [7, 11) is 1.82. The standard InChI is InChI=1S/C7H13NO/c1-8(9)5-6-2-3-7(8)4-6/h6-7H,2-5H2,1H3. The van der Waals surface area contributed by atoms with Crippen molar-refractivity contribution in [2.75, 3.05) is 13.6 Å². The van der Waals surface area contributed by atoms with Crippen molar-refractivity contribution in [2.24, 2.45) is 5.92 Å². The summed E-state index contributed by atoms with van der Waals surface area (Å²) in [5.41, 5.74) is 0. The predicted octanol–water partition coefficient (Wildman–Crippen LogP) is 1.11. The lowest BCUT2D eigenvalue weighted by atomic mass is 10.1. The van der Waals surface area contributed by atoms with Crippen LogP contribution in [0.15, 0.2) is 0 Å². The topological polar surface area (TPSA) is 23.1 Å². The molecule has 0 aromatic rings. The molecule has 2 aliphatic rings. The van der Waals surface area contributed by atoms with Gasteiger partial charge in [0.25, 0.3) is 0 Å². The van der Waals surface area contributed by atoms with E-state index >= 15 is 0 Å². The summed E-state index contributed by atoms with van der Waals surface area (Å²) in [5, 5.41) is 11.4. The van der Waals surface area contributed by atoms with Crippen molar-refractivity contribution >= 4 is 0 Å². The van der Waals surface area contributed by atoms with Crippen LogP contribution in [0.4, 0.5) is 0 Å². The minimum Gasteiger partial charge on any atom is -0.633 e. The fraction of sp³-hybridized carbons (Fsp3) is 1.00. The van der Waals surface area contributed by atoms with Crippen molar-refractivity contribution in [3.63, 3.8) is 0 Å². The van der Waals surface area contributed by atoms with Crippen LogP contribution in [0, 0.1) is 11.1 Å². The van der Waals surface area contributed by atoms with Gasteiger partial charge in [0.05, 0.1) is 19.6 Å². The van der Waals surface area contributed by atoms with Gasteiger partial charge in [-0.2, -0.15) is 0 Å². The van der Waals surface area contributed by atoms with Crippen molar-refractivity contribution in [1.29, 1.82) is 0 Å². The molecule has 52 valence electrons. The number of likely N-dealkylation sites (tertiary alicyclic amines) is 1. The van der Waals surface area contributed by atoms with Crippen LogP contribution in [-0.2, 0) is 0 Å². The minimum absolute atomic E-state index is 0.0602. The van der Waals surface area contributed by atoms with E-state index in [0.29, 0.717) is 6.04 Å². The lowest BCUT2D eigenvalue weighted by Gasteiger charge is -2.42. The molecule has 1 saturated carbocycles. The zero-order chi connectivity index (χ0) is 6.48. The Balaban J connectivity index is 2.18. The van der Waals surface area contributed by atoms with Gasteiger partial charge in [0.15, 0.2) is 0 Å². The highest BCUT2D eigenvalue weighted by atomic mass is 16.5. The maximum absolute atomic E-state index is 11.4. The number of rotatable bonds is 0. The Morgan fingerprint density at radius 2 is 2.22 bits per heavy atom. The molecule has 0 spiro atoms. The van der Waals surface area contributed by atoms with Gasteiger partial charge < -0.3 is 9.85 Å². The summed E-state index contributed by atoms with van der Waals surface area (Å²) >= 11 is 0. The van der Waals surface area contributed by atoms with Crippen LogP contribution in [0.2, 0.25) is 0 Å². The Hall–Kier alpha value is -0.0800. The average molecular weight is 127 g/mol. The maximum Gasteiger partial charge on any atom is 0.0890 e. The Morgan fingerprint density at radius 3 is 2.44 bits per heavy atom. The second-order valence-electron chi connectivity index (χ2n) is 3.69. The fourth-order valence-electron chi connectivity index (χ4n) is 2.37. The summed E-state index contributed by atoms with van der Waals surface area (Å²) in [5.74, 6) is 0.775. The summed E-state index contributed by atoms with van der Waals surface area (Å²) in [4.78, 5) is 0. The van der Waals surface area contributed by atoms with E-state index in [0.717, 1.165) is 12.5 Å². The molecular weight excluding hydrogens is 114 g/mol. The number of fused-ring (bicyclic) bond motifs is 2. The van der Waals surface area contributed by atoms with E-state index in [1.54, 1.807) is 0 Å². The second-order valence-corrected chi connectivity index (χ2v) is 3.69. The molecule has 9 heavy (non-hydrogen) atoms. The molecule has 0 amide bonds. The quantitative estimate of drug-likeness (QED) is 0.353. The number of quaternary nitrogens is 1. The Labute approximate surface area is 55.6 Å². The summed E-state index contributed by atoms with van der Waals surface area (Å²) in [6, 6.07) is 0.468. The number of piperidine rings is 1. The summed E-state index contributed by atoms with van der Waals surface area (Å²) in [6.45, 7) is 0.894. The molecule has 2 heteroatoms. The molecule has 0 radical (unpaired) electrons. The summed E-state index contributed by atoms with van der Waals surface area (Å²) in [6.07, 6.45) is 3.71. The van der Waals surface area contributed by atoms with Gasteiger partial charge in [0.2, 0.25) is 0 Å². The van der Waals surface area contributed by atoms with E-state index in [-0.39, 0.29) is 4.65 Å². The van der Waals surface area contributed by atoms with Gasteiger partial charge >= 0.3 is 0 Å². The van der Waals surface area contributed by atoms with Crippen LogP contribution in [0.3, 0.4) is 0 Å². The van der Waals surface area contributed by atoms with Crippen LogP contribution in [0.5, 0.6) is 0 Å². The SMILES string of the molecule is C[N+]1([O-])CC2CCC1C2. The average Bonchev–Trinajstić information content (AvgIpc) is 2.19. The first kappa shape index (κ1) is 5.69. The van der Waals surface area contributed by atoms with E-state index in [2.05, 4.69) is 0 Å². The maximum atomic E-state index is 11.4. The van der Waals surface area contributed by atoms with Gasteiger partial charge in [0.1, 0.15) is 0 Å². The van der Waals surface area contributed by atoms with Gasteiger partial charge in [-0.25, -0.2) is 0 Å².